The molecule has 0 unspecified atom stereocenters. The zero-order chi connectivity index (χ0) is 14.8. The van der Waals surface area contributed by atoms with Crippen molar-refractivity contribution in [1.82, 2.24) is 5.32 Å². The van der Waals surface area contributed by atoms with E-state index >= 15 is 0 Å². The normalized spacial score (nSPS) is 14.7. The number of hydrogen-bond acceptors (Lipinski definition) is 2. The van der Waals surface area contributed by atoms with Crippen molar-refractivity contribution in [3.8, 4) is 0 Å². The van der Waals surface area contributed by atoms with E-state index in [4.69, 9.17) is 0 Å². The van der Waals surface area contributed by atoms with Gasteiger partial charge in [0.2, 0.25) is 11.8 Å². The largest absolute Gasteiger partial charge is 0.347 e. The molecule has 0 radical (unpaired) electrons. The molecule has 0 fully saturated rings. The highest BCUT2D eigenvalue weighted by Gasteiger charge is 2.25. The van der Waals surface area contributed by atoms with Gasteiger partial charge in [-0.2, -0.15) is 0 Å². The molecule has 108 valence electrons. The van der Waals surface area contributed by atoms with Crippen molar-refractivity contribution < 1.29 is 9.59 Å². The summed E-state index contributed by atoms with van der Waals surface area (Å²) in [7, 11) is 0. The van der Waals surface area contributed by atoms with Crippen LogP contribution in [0.2, 0.25) is 0 Å². The summed E-state index contributed by atoms with van der Waals surface area (Å²) in [4.78, 5) is 25.9. The molecule has 1 heterocycles. The summed E-state index contributed by atoms with van der Waals surface area (Å²) in [6, 6.07) is 7.97. The average Bonchev–Trinajstić information content (AvgIpc) is 2.42. The van der Waals surface area contributed by atoms with Crippen molar-refractivity contribution in [3.63, 3.8) is 0 Å². The third-order valence-corrected chi connectivity index (χ3v) is 3.49. The SMILES string of the molecule is CC(C)(C)C(=O)NCC(=O)N1CCCc2ccccc21. The summed E-state index contributed by atoms with van der Waals surface area (Å²) in [5.41, 5.74) is 1.71. The number of nitrogens with one attached hydrogen (secondary N) is 1. The van der Waals surface area contributed by atoms with E-state index in [1.807, 2.05) is 39.0 Å². The van der Waals surface area contributed by atoms with E-state index in [2.05, 4.69) is 11.4 Å². The number of amides is 2. The Labute approximate surface area is 120 Å². The van der Waals surface area contributed by atoms with Crippen molar-refractivity contribution in [1.29, 1.82) is 0 Å². The minimum atomic E-state index is -0.472. The van der Waals surface area contributed by atoms with Crippen LogP contribution in [0.15, 0.2) is 24.3 Å². The number of aryl methyl sites for hydroxylation is 1. The summed E-state index contributed by atoms with van der Waals surface area (Å²) >= 11 is 0. The maximum atomic E-state index is 12.3. The average molecular weight is 274 g/mol. The molecule has 1 aromatic carbocycles. The minimum Gasteiger partial charge on any atom is -0.347 e. The lowest BCUT2D eigenvalue weighted by Gasteiger charge is -2.30. The van der Waals surface area contributed by atoms with Gasteiger partial charge in [0, 0.05) is 17.6 Å². The van der Waals surface area contributed by atoms with Gasteiger partial charge in [-0.15, -0.1) is 0 Å². The molecular formula is C16H22N2O2. The van der Waals surface area contributed by atoms with Crippen LogP contribution in [0, 0.1) is 5.41 Å². The lowest BCUT2D eigenvalue weighted by atomic mass is 9.96. The fraction of sp³-hybridized carbons (Fsp3) is 0.500. The highest BCUT2D eigenvalue weighted by molar-refractivity contribution is 5.98. The molecule has 0 bridgehead atoms. The predicted octanol–water partition coefficient (Wildman–Crippen LogP) is 2.13. The highest BCUT2D eigenvalue weighted by Crippen LogP contribution is 2.26. The van der Waals surface area contributed by atoms with Crippen LogP contribution in [-0.2, 0) is 16.0 Å². The summed E-state index contributed by atoms with van der Waals surface area (Å²) in [5, 5.41) is 2.72. The number of para-hydroxylation sites is 1. The zero-order valence-electron chi connectivity index (χ0n) is 12.4. The van der Waals surface area contributed by atoms with Gasteiger partial charge in [0.25, 0.3) is 0 Å². The molecule has 0 atom stereocenters. The molecule has 2 rings (SSSR count). The lowest BCUT2D eigenvalue weighted by molar-refractivity contribution is -0.130. The van der Waals surface area contributed by atoms with Gasteiger partial charge in [-0.3, -0.25) is 9.59 Å². The van der Waals surface area contributed by atoms with Crippen LogP contribution >= 0.6 is 0 Å². The van der Waals surface area contributed by atoms with Crippen molar-refractivity contribution in [3.05, 3.63) is 29.8 Å². The van der Waals surface area contributed by atoms with E-state index in [0.717, 1.165) is 25.1 Å². The van der Waals surface area contributed by atoms with E-state index in [-0.39, 0.29) is 18.4 Å². The first-order valence-corrected chi connectivity index (χ1v) is 7.06. The van der Waals surface area contributed by atoms with Gasteiger partial charge < -0.3 is 10.2 Å². The second-order valence-electron chi connectivity index (χ2n) is 6.21. The lowest BCUT2D eigenvalue weighted by Crippen LogP contribution is -2.45. The van der Waals surface area contributed by atoms with Crippen LogP contribution in [0.1, 0.15) is 32.8 Å². The Balaban J connectivity index is 2.03. The van der Waals surface area contributed by atoms with Crippen LogP contribution in [-0.4, -0.2) is 24.9 Å². The molecule has 0 spiro atoms. The molecular weight excluding hydrogens is 252 g/mol. The fourth-order valence-electron chi connectivity index (χ4n) is 2.31. The molecule has 0 saturated heterocycles. The van der Waals surface area contributed by atoms with Gasteiger partial charge in [-0.05, 0) is 24.5 Å². The van der Waals surface area contributed by atoms with Crippen LogP contribution in [0.25, 0.3) is 0 Å². The number of rotatable bonds is 2. The van der Waals surface area contributed by atoms with Gasteiger partial charge in [-0.25, -0.2) is 0 Å². The smallest absolute Gasteiger partial charge is 0.246 e. The van der Waals surface area contributed by atoms with Gasteiger partial charge in [0.1, 0.15) is 0 Å². The maximum absolute atomic E-state index is 12.3. The van der Waals surface area contributed by atoms with Gasteiger partial charge in [-0.1, -0.05) is 39.0 Å². The maximum Gasteiger partial charge on any atom is 0.246 e. The minimum absolute atomic E-state index is 0.0465. The first-order chi connectivity index (χ1) is 9.39. The predicted molar refractivity (Wildman–Crippen MR) is 79.6 cm³/mol. The first kappa shape index (κ1) is 14.6. The van der Waals surface area contributed by atoms with Crippen molar-refractivity contribution in [2.45, 2.75) is 33.6 Å². The van der Waals surface area contributed by atoms with Crippen molar-refractivity contribution in [2.75, 3.05) is 18.0 Å². The molecule has 0 aliphatic carbocycles. The Bertz CT molecular complexity index is 517. The number of benzene rings is 1. The third kappa shape index (κ3) is 3.18. The zero-order valence-corrected chi connectivity index (χ0v) is 12.4. The number of fused-ring (bicyclic) bond motifs is 1. The molecule has 1 aliphatic rings. The Hall–Kier alpha value is -1.84. The molecule has 4 nitrogen and oxygen atoms in total. The van der Waals surface area contributed by atoms with Crippen molar-refractivity contribution >= 4 is 17.5 Å². The Kier molecular flexibility index (Phi) is 4.12. The molecule has 0 saturated carbocycles. The molecule has 0 aromatic heterocycles. The standard InChI is InChI=1S/C16H22N2O2/c1-16(2,3)15(20)17-11-14(19)18-10-6-8-12-7-4-5-9-13(12)18/h4-5,7,9H,6,8,10-11H2,1-3H3,(H,17,20). The molecule has 1 aromatic rings. The molecule has 20 heavy (non-hydrogen) atoms. The quantitative estimate of drug-likeness (QED) is 0.898. The molecule has 1 N–H and O–H groups in total. The highest BCUT2D eigenvalue weighted by atomic mass is 16.2. The summed E-state index contributed by atoms with van der Waals surface area (Å²) in [6.45, 7) is 6.29. The third-order valence-electron chi connectivity index (χ3n) is 3.49. The monoisotopic (exact) mass is 274 g/mol. The van der Waals surface area contributed by atoms with E-state index in [1.165, 1.54) is 5.56 Å². The second kappa shape index (κ2) is 5.65. The van der Waals surface area contributed by atoms with Gasteiger partial charge in [0.15, 0.2) is 0 Å². The topological polar surface area (TPSA) is 49.4 Å². The van der Waals surface area contributed by atoms with E-state index in [1.54, 1.807) is 4.90 Å². The van der Waals surface area contributed by atoms with Crippen LogP contribution in [0.4, 0.5) is 5.69 Å². The van der Waals surface area contributed by atoms with Crippen LogP contribution < -0.4 is 10.2 Å². The number of nitrogens with zero attached hydrogens (tertiary/aromatic N) is 1. The summed E-state index contributed by atoms with van der Waals surface area (Å²) in [6.07, 6.45) is 1.98. The number of hydrogen-bond donors (Lipinski definition) is 1. The molecule has 2 amide bonds. The van der Waals surface area contributed by atoms with Gasteiger partial charge >= 0.3 is 0 Å². The Morgan fingerprint density at radius 3 is 2.65 bits per heavy atom. The van der Waals surface area contributed by atoms with Crippen LogP contribution in [0.3, 0.4) is 0 Å². The molecule has 4 heteroatoms. The Morgan fingerprint density at radius 1 is 1.25 bits per heavy atom. The Morgan fingerprint density at radius 2 is 1.95 bits per heavy atom. The fourth-order valence-corrected chi connectivity index (χ4v) is 2.31. The summed E-state index contributed by atoms with van der Waals surface area (Å²) in [5.74, 6) is -0.147. The first-order valence-electron chi connectivity index (χ1n) is 7.06. The number of carbonyl (C=O) groups excluding carboxylic acids is 2. The van der Waals surface area contributed by atoms with Crippen molar-refractivity contribution in [2.24, 2.45) is 5.41 Å². The number of carbonyl (C=O) groups is 2. The van der Waals surface area contributed by atoms with E-state index in [9.17, 15) is 9.59 Å². The van der Waals surface area contributed by atoms with Gasteiger partial charge in [0.05, 0.1) is 6.54 Å². The van der Waals surface area contributed by atoms with E-state index < -0.39 is 5.41 Å². The van der Waals surface area contributed by atoms with Crippen LogP contribution in [0.5, 0.6) is 0 Å². The molecule has 1 aliphatic heterocycles. The van der Waals surface area contributed by atoms with E-state index in [0.29, 0.717) is 0 Å². The second-order valence-corrected chi connectivity index (χ2v) is 6.21. The number of anilines is 1. The summed E-state index contributed by atoms with van der Waals surface area (Å²) < 4.78 is 0.